The van der Waals surface area contributed by atoms with Crippen molar-refractivity contribution in [2.45, 2.75) is 37.0 Å². The van der Waals surface area contributed by atoms with Crippen LogP contribution in [0.4, 0.5) is 0 Å². The molecule has 258 valence electrons. The topological polar surface area (TPSA) is 114 Å². The number of carbonyl (C=O) groups excluding carboxylic acids is 2. The Morgan fingerprint density at radius 1 is 0.776 bits per heavy atom. The Morgan fingerprint density at radius 2 is 1.29 bits per heavy atom. The van der Waals surface area contributed by atoms with Crippen LogP contribution >= 0.6 is 11.8 Å². The normalized spacial score (nSPS) is 11.0. The Kier molecular flexibility index (Phi) is 14.0. The highest BCUT2D eigenvalue weighted by Gasteiger charge is 2.37. The van der Waals surface area contributed by atoms with Gasteiger partial charge < -0.3 is 29.5 Å². The van der Waals surface area contributed by atoms with Crippen molar-refractivity contribution in [1.29, 1.82) is 0 Å². The molecule has 0 aliphatic carbocycles. The number of nitrogens with one attached hydrogen (secondary N) is 1. The van der Waals surface area contributed by atoms with Crippen molar-refractivity contribution in [3.8, 4) is 17.2 Å². The molecule has 49 heavy (non-hydrogen) atoms. The molecule has 2 N–H and O–H groups in total. The van der Waals surface area contributed by atoms with Gasteiger partial charge in [-0.25, -0.2) is 0 Å². The van der Waals surface area contributed by atoms with Gasteiger partial charge in [-0.05, 0) is 23.1 Å². The van der Waals surface area contributed by atoms with Gasteiger partial charge in [0.15, 0.2) is 0 Å². The maximum Gasteiger partial charge on any atom is 0.303 e. The van der Waals surface area contributed by atoms with Crippen molar-refractivity contribution >= 4 is 29.5 Å². The van der Waals surface area contributed by atoms with Crippen LogP contribution in [-0.4, -0.2) is 68.0 Å². The minimum Gasteiger partial charge on any atom is -0.496 e. The highest BCUT2D eigenvalue weighted by atomic mass is 32.2. The number of carboxylic acid groups (broad SMARTS) is 1. The number of amides is 2. The summed E-state index contributed by atoms with van der Waals surface area (Å²) in [6.45, 7) is 0.792. The molecule has 4 aromatic rings. The lowest BCUT2D eigenvalue weighted by atomic mass is 9.84. The summed E-state index contributed by atoms with van der Waals surface area (Å²) in [6, 6.07) is 34.4. The first-order chi connectivity index (χ1) is 23.8. The summed E-state index contributed by atoms with van der Waals surface area (Å²) in [7, 11) is 4.67. The molecule has 4 aromatic carbocycles. The summed E-state index contributed by atoms with van der Waals surface area (Å²) in [6.07, 6.45) is 0.459. The minimum absolute atomic E-state index is 0.0616. The van der Waals surface area contributed by atoms with E-state index in [1.165, 1.54) is 14.2 Å². The number of hydrogen-bond donors (Lipinski definition) is 2. The number of ether oxygens (including phenoxy) is 3. The molecule has 0 heterocycles. The van der Waals surface area contributed by atoms with Crippen LogP contribution in [0.2, 0.25) is 0 Å². The molecule has 4 rings (SSSR count). The molecule has 0 saturated heterocycles. The molecule has 10 heteroatoms. The van der Waals surface area contributed by atoms with E-state index >= 15 is 0 Å². The number of carboxylic acids is 1. The van der Waals surface area contributed by atoms with Gasteiger partial charge in [0.1, 0.15) is 17.2 Å². The monoisotopic (exact) mass is 684 g/mol. The maximum absolute atomic E-state index is 13.7. The van der Waals surface area contributed by atoms with Crippen molar-refractivity contribution in [2.24, 2.45) is 0 Å². The maximum atomic E-state index is 13.7. The van der Waals surface area contributed by atoms with Crippen molar-refractivity contribution in [2.75, 3.05) is 40.2 Å². The minimum atomic E-state index is -1.04. The summed E-state index contributed by atoms with van der Waals surface area (Å²) in [5, 5.41) is 12.0. The Morgan fingerprint density at radius 3 is 1.73 bits per heavy atom. The molecule has 0 aromatic heterocycles. The fourth-order valence-electron chi connectivity index (χ4n) is 5.68. The van der Waals surface area contributed by atoms with E-state index in [0.29, 0.717) is 54.6 Å². The van der Waals surface area contributed by atoms with Crippen LogP contribution in [0.1, 0.15) is 47.9 Å². The lowest BCUT2D eigenvalue weighted by Gasteiger charge is -2.36. The molecule has 0 atom stereocenters. The Bertz CT molecular complexity index is 1530. The van der Waals surface area contributed by atoms with Gasteiger partial charge in [-0.3, -0.25) is 14.4 Å². The molecule has 0 radical (unpaired) electrons. The van der Waals surface area contributed by atoms with Crippen molar-refractivity contribution in [1.82, 2.24) is 10.2 Å². The highest BCUT2D eigenvalue weighted by molar-refractivity contribution is 8.00. The number of methoxy groups -OCH3 is 2. The second-order valence-corrected chi connectivity index (χ2v) is 12.6. The summed E-state index contributed by atoms with van der Waals surface area (Å²) < 4.78 is 16.8. The fraction of sp³-hybridized carbons (Fsp3) is 0.308. The van der Waals surface area contributed by atoms with E-state index in [-0.39, 0.29) is 31.2 Å². The first-order valence-corrected chi connectivity index (χ1v) is 17.2. The molecule has 2 amide bonds. The zero-order valence-corrected chi connectivity index (χ0v) is 29.0. The lowest BCUT2D eigenvalue weighted by Crippen LogP contribution is -2.34. The summed E-state index contributed by atoms with van der Waals surface area (Å²) in [5.74, 6) is 0.598. The zero-order chi connectivity index (χ0) is 35.1. The van der Waals surface area contributed by atoms with Crippen molar-refractivity contribution in [3.63, 3.8) is 0 Å². The van der Waals surface area contributed by atoms with E-state index in [9.17, 15) is 19.5 Å². The Labute approximate surface area is 292 Å². The number of thioether (sulfide) groups is 1. The van der Waals surface area contributed by atoms with Gasteiger partial charge in [-0.1, -0.05) is 91.0 Å². The molecular formula is C39H44N2O7S. The summed E-state index contributed by atoms with van der Waals surface area (Å²) in [5.41, 5.74) is 3.96. The second kappa shape index (κ2) is 18.5. The lowest BCUT2D eigenvalue weighted by molar-refractivity contribution is -0.141. The molecule has 0 saturated carbocycles. The van der Waals surface area contributed by atoms with Gasteiger partial charge in [0.05, 0.1) is 44.1 Å². The van der Waals surface area contributed by atoms with Gasteiger partial charge in [0.2, 0.25) is 11.8 Å². The molecule has 9 nitrogen and oxygen atoms in total. The van der Waals surface area contributed by atoms with Gasteiger partial charge in [-0.2, -0.15) is 0 Å². The van der Waals surface area contributed by atoms with E-state index in [2.05, 4.69) is 41.7 Å². The van der Waals surface area contributed by atoms with Crippen LogP contribution in [0.3, 0.4) is 0 Å². The van der Waals surface area contributed by atoms with Crippen LogP contribution in [0.25, 0.3) is 0 Å². The molecule has 0 aliphatic rings. The third-order valence-corrected chi connectivity index (χ3v) is 9.68. The van der Waals surface area contributed by atoms with E-state index in [4.69, 9.17) is 14.2 Å². The average Bonchev–Trinajstić information content (AvgIpc) is 3.14. The first-order valence-electron chi connectivity index (χ1n) is 16.2. The standard InChI is InChI=1S/C39H44N2O7S/c1-40-36(42)20-13-24-48-32-26-34(46-2)33(35(27-32)47-3)28-41(37(43)21-22-38(44)45)23-25-49-39(29-14-7-4-8-15-29,30-16-9-5-10-17-30)31-18-11-6-12-19-31/h4-12,14-19,26-27H,13,20-25,28H2,1-3H3,(H,40,42)(H,44,45). The molecule has 0 spiro atoms. The predicted molar refractivity (Wildman–Crippen MR) is 192 cm³/mol. The third-order valence-electron chi connectivity index (χ3n) is 8.15. The summed E-state index contributed by atoms with van der Waals surface area (Å²) in [4.78, 5) is 38.4. The van der Waals surface area contributed by atoms with Crippen LogP contribution < -0.4 is 19.5 Å². The number of aliphatic carboxylic acids is 1. The van der Waals surface area contributed by atoms with Gasteiger partial charge in [0.25, 0.3) is 0 Å². The largest absolute Gasteiger partial charge is 0.496 e. The number of hydrogen-bond acceptors (Lipinski definition) is 7. The van der Waals surface area contributed by atoms with E-state index in [0.717, 1.165) is 16.7 Å². The van der Waals surface area contributed by atoms with Crippen LogP contribution in [0.15, 0.2) is 103 Å². The molecule has 0 aliphatic heterocycles. The molecule has 0 fully saturated rings. The van der Waals surface area contributed by atoms with Crippen LogP contribution in [0.5, 0.6) is 17.2 Å². The Balaban J connectivity index is 1.65. The van der Waals surface area contributed by atoms with Crippen LogP contribution in [0, 0.1) is 0 Å². The highest BCUT2D eigenvalue weighted by Crippen LogP contribution is 2.48. The molecule has 0 bridgehead atoms. The first kappa shape index (κ1) is 36.9. The average molecular weight is 685 g/mol. The number of carbonyl (C=O) groups is 3. The summed E-state index contributed by atoms with van der Waals surface area (Å²) >= 11 is 1.72. The Hall–Kier alpha value is -4.96. The second-order valence-electron chi connectivity index (χ2n) is 11.3. The van der Waals surface area contributed by atoms with Gasteiger partial charge in [0, 0.05) is 44.3 Å². The van der Waals surface area contributed by atoms with Crippen molar-refractivity contribution < 1.29 is 33.7 Å². The quantitative estimate of drug-likeness (QED) is 0.0847. The number of rotatable bonds is 19. The van der Waals surface area contributed by atoms with E-state index in [1.54, 1.807) is 35.8 Å². The zero-order valence-electron chi connectivity index (χ0n) is 28.2. The van der Waals surface area contributed by atoms with Crippen molar-refractivity contribution in [3.05, 3.63) is 125 Å². The fourth-order valence-corrected chi connectivity index (χ4v) is 7.21. The third kappa shape index (κ3) is 9.79. The van der Waals surface area contributed by atoms with E-state index in [1.807, 2.05) is 54.6 Å². The number of benzene rings is 4. The smallest absolute Gasteiger partial charge is 0.303 e. The van der Waals surface area contributed by atoms with E-state index < -0.39 is 10.7 Å². The van der Waals surface area contributed by atoms with Gasteiger partial charge in [-0.15, -0.1) is 11.8 Å². The van der Waals surface area contributed by atoms with Gasteiger partial charge >= 0.3 is 5.97 Å². The molecular weight excluding hydrogens is 641 g/mol. The number of nitrogens with zero attached hydrogens (tertiary/aromatic N) is 1. The molecule has 0 unspecified atom stereocenters. The van der Waals surface area contributed by atoms with Crippen LogP contribution in [-0.2, 0) is 25.7 Å². The predicted octanol–water partition coefficient (Wildman–Crippen LogP) is 6.53. The SMILES string of the molecule is CNC(=O)CCCOc1cc(OC)c(CN(CCSC(c2ccccc2)(c2ccccc2)c2ccccc2)C(=O)CCC(=O)O)c(OC)c1.